The van der Waals surface area contributed by atoms with Crippen LogP contribution in [0.2, 0.25) is 5.02 Å². The Balaban J connectivity index is 1.47. The molecular formula is C18H19ClN4O3. The molecule has 8 heteroatoms. The molecule has 1 aliphatic carbocycles. The number of benzene rings is 1. The van der Waals surface area contributed by atoms with Crippen LogP contribution in [0.3, 0.4) is 0 Å². The van der Waals surface area contributed by atoms with E-state index in [9.17, 15) is 4.79 Å². The van der Waals surface area contributed by atoms with Gasteiger partial charge in [0.15, 0.2) is 11.4 Å². The van der Waals surface area contributed by atoms with Crippen LogP contribution >= 0.6 is 11.6 Å². The van der Waals surface area contributed by atoms with E-state index in [4.69, 9.17) is 20.5 Å². The SMILES string of the molecule is CCc1oc2c(NC(=O)NCc3noc(C4CC4)n3)cc(Cl)cc2c1C. The number of amides is 2. The molecule has 1 aliphatic rings. The van der Waals surface area contributed by atoms with Crippen molar-refractivity contribution in [1.29, 1.82) is 0 Å². The Hall–Kier alpha value is -2.54. The average Bonchev–Trinajstić information content (AvgIpc) is 3.27. The summed E-state index contributed by atoms with van der Waals surface area (Å²) in [6.45, 7) is 4.19. The predicted molar refractivity (Wildman–Crippen MR) is 97.5 cm³/mol. The Morgan fingerprint density at radius 3 is 2.92 bits per heavy atom. The summed E-state index contributed by atoms with van der Waals surface area (Å²) >= 11 is 6.20. The smallest absolute Gasteiger partial charge is 0.319 e. The second-order valence-corrected chi connectivity index (χ2v) is 6.90. The Morgan fingerprint density at radius 1 is 1.38 bits per heavy atom. The summed E-state index contributed by atoms with van der Waals surface area (Å²) in [4.78, 5) is 16.5. The van der Waals surface area contributed by atoms with Gasteiger partial charge < -0.3 is 19.6 Å². The van der Waals surface area contributed by atoms with Crippen LogP contribution in [-0.4, -0.2) is 16.2 Å². The van der Waals surface area contributed by atoms with Crippen LogP contribution in [0.25, 0.3) is 11.0 Å². The van der Waals surface area contributed by atoms with Crippen molar-refractivity contribution in [2.75, 3.05) is 5.32 Å². The Bertz CT molecular complexity index is 974. The summed E-state index contributed by atoms with van der Waals surface area (Å²) in [5.41, 5.74) is 2.18. The van der Waals surface area contributed by atoms with Crippen molar-refractivity contribution < 1.29 is 13.7 Å². The zero-order valence-corrected chi connectivity index (χ0v) is 15.3. The highest BCUT2D eigenvalue weighted by molar-refractivity contribution is 6.32. The predicted octanol–water partition coefficient (Wildman–Crippen LogP) is 4.54. The largest absolute Gasteiger partial charge is 0.459 e. The van der Waals surface area contributed by atoms with Crippen LogP contribution in [0.15, 0.2) is 21.1 Å². The van der Waals surface area contributed by atoms with E-state index in [1.807, 2.05) is 19.9 Å². The van der Waals surface area contributed by atoms with Crippen LogP contribution < -0.4 is 10.6 Å². The molecule has 0 unspecified atom stereocenters. The molecule has 4 rings (SSSR count). The summed E-state index contributed by atoms with van der Waals surface area (Å²) in [5, 5.41) is 10.8. The third-order valence-electron chi connectivity index (χ3n) is 4.49. The van der Waals surface area contributed by atoms with Crippen molar-refractivity contribution in [2.24, 2.45) is 0 Å². The van der Waals surface area contributed by atoms with E-state index < -0.39 is 6.03 Å². The maximum atomic E-state index is 12.3. The van der Waals surface area contributed by atoms with Gasteiger partial charge in [-0.25, -0.2) is 4.79 Å². The van der Waals surface area contributed by atoms with Crippen molar-refractivity contribution in [2.45, 2.75) is 45.6 Å². The van der Waals surface area contributed by atoms with E-state index in [0.717, 1.165) is 36.0 Å². The molecule has 2 heterocycles. The van der Waals surface area contributed by atoms with Crippen molar-refractivity contribution in [1.82, 2.24) is 15.5 Å². The number of nitrogens with zero attached hydrogens (tertiary/aromatic N) is 2. The number of hydrogen-bond acceptors (Lipinski definition) is 5. The summed E-state index contributed by atoms with van der Waals surface area (Å²) in [5.74, 6) is 2.38. The fraction of sp³-hybridized carbons (Fsp3) is 0.389. The van der Waals surface area contributed by atoms with Gasteiger partial charge in [0.1, 0.15) is 5.76 Å². The van der Waals surface area contributed by atoms with Crippen LogP contribution in [0.5, 0.6) is 0 Å². The summed E-state index contributed by atoms with van der Waals surface area (Å²) in [6.07, 6.45) is 2.94. The lowest BCUT2D eigenvalue weighted by Gasteiger charge is -2.07. The van der Waals surface area contributed by atoms with Gasteiger partial charge in [-0.05, 0) is 37.5 Å². The van der Waals surface area contributed by atoms with Gasteiger partial charge in [-0.1, -0.05) is 23.7 Å². The van der Waals surface area contributed by atoms with Gasteiger partial charge in [0.25, 0.3) is 0 Å². The lowest BCUT2D eigenvalue weighted by Crippen LogP contribution is -2.28. The van der Waals surface area contributed by atoms with Gasteiger partial charge in [0, 0.05) is 22.7 Å². The van der Waals surface area contributed by atoms with Crippen LogP contribution in [0.4, 0.5) is 10.5 Å². The first kappa shape index (κ1) is 16.9. The standard InChI is InChI=1S/C18H19ClN4O3/c1-3-14-9(2)12-6-11(19)7-13(16(12)25-14)21-18(24)20-8-15-22-17(26-23-15)10-4-5-10/h6-7,10H,3-5,8H2,1-2H3,(H2,20,21,24). The third kappa shape index (κ3) is 3.26. The van der Waals surface area contributed by atoms with Crippen molar-refractivity contribution >= 4 is 34.3 Å². The van der Waals surface area contributed by atoms with Crippen LogP contribution in [-0.2, 0) is 13.0 Å². The molecule has 2 N–H and O–H groups in total. The Labute approximate surface area is 155 Å². The molecule has 0 aliphatic heterocycles. The molecular weight excluding hydrogens is 356 g/mol. The molecule has 0 saturated heterocycles. The number of aryl methyl sites for hydroxylation is 2. The fourth-order valence-corrected chi connectivity index (χ4v) is 3.14. The van der Waals surface area contributed by atoms with E-state index in [-0.39, 0.29) is 6.54 Å². The molecule has 26 heavy (non-hydrogen) atoms. The molecule has 1 saturated carbocycles. The Morgan fingerprint density at radius 2 is 2.19 bits per heavy atom. The van der Waals surface area contributed by atoms with E-state index >= 15 is 0 Å². The number of urea groups is 1. The van der Waals surface area contributed by atoms with Gasteiger partial charge in [0.05, 0.1) is 12.2 Å². The molecule has 0 bridgehead atoms. The normalized spacial score (nSPS) is 14.0. The monoisotopic (exact) mass is 374 g/mol. The summed E-state index contributed by atoms with van der Waals surface area (Å²) < 4.78 is 11.1. The third-order valence-corrected chi connectivity index (χ3v) is 4.71. The number of furan rings is 1. The van der Waals surface area contributed by atoms with E-state index in [0.29, 0.717) is 33.9 Å². The van der Waals surface area contributed by atoms with E-state index in [1.54, 1.807) is 6.07 Å². The minimum absolute atomic E-state index is 0.184. The van der Waals surface area contributed by atoms with E-state index in [2.05, 4.69) is 20.8 Å². The quantitative estimate of drug-likeness (QED) is 0.683. The van der Waals surface area contributed by atoms with Gasteiger partial charge in [-0.2, -0.15) is 4.98 Å². The highest BCUT2D eigenvalue weighted by Crippen LogP contribution is 2.38. The molecule has 0 radical (unpaired) electrons. The second kappa shape index (κ2) is 6.64. The molecule has 0 spiro atoms. The molecule has 0 atom stereocenters. The number of halogens is 1. The topological polar surface area (TPSA) is 93.2 Å². The van der Waals surface area contributed by atoms with Crippen molar-refractivity contribution in [3.8, 4) is 0 Å². The number of aromatic nitrogens is 2. The lowest BCUT2D eigenvalue weighted by atomic mass is 10.1. The zero-order chi connectivity index (χ0) is 18.3. The molecule has 3 aromatic rings. The first-order chi connectivity index (χ1) is 12.5. The molecule has 1 aromatic carbocycles. The van der Waals surface area contributed by atoms with Crippen LogP contribution in [0, 0.1) is 6.92 Å². The lowest BCUT2D eigenvalue weighted by molar-refractivity contribution is 0.251. The molecule has 2 aromatic heterocycles. The first-order valence-electron chi connectivity index (χ1n) is 8.64. The average molecular weight is 375 g/mol. The Kier molecular flexibility index (Phi) is 4.32. The van der Waals surface area contributed by atoms with Gasteiger partial charge >= 0.3 is 6.03 Å². The van der Waals surface area contributed by atoms with Gasteiger partial charge in [0.2, 0.25) is 5.89 Å². The first-order valence-corrected chi connectivity index (χ1v) is 9.01. The van der Waals surface area contributed by atoms with Gasteiger partial charge in [-0.3, -0.25) is 0 Å². The van der Waals surface area contributed by atoms with Gasteiger partial charge in [-0.15, -0.1) is 0 Å². The second-order valence-electron chi connectivity index (χ2n) is 6.46. The number of fused-ring (bicyclic) bond motifs is 1. The molecule has 136 valence electrons. The maximum absolute atomic E-state index is 12.3. The number of hydrogen-bond donors (Lipinski definition) is 2. The zero-order valence-electron chi connectivity index (χ0n) is 14.6. The van der Waals surface area contributed by atoms with Crippen LogP contribution in [0.1, 0.15) is 48.7 Å². The molecule has 2 amide bonds. The minimum atomic E-state index is -0.390. The summed E-state index contributed by atoms with van der Waals surface area (Å²) in [7, 11) is 0. The van der Waals surface area contributed by atoms with Crippen molar-refractivity contribution in [3.63, 3.8) is 0 Å². The van der Waals surface area contributed by atoms with E-state index in [1.165, 1.54) is 0 Å². The summed E-state index contributed by atoms with van der Waals surface area (Å²) in [6, 6.07) is 3.13. The molecule has 1 fully saturated rings. The number of carbonyl (C=O) groups is 1. The number of rotatable bonds is 5. The minimum Gasteiger partial charge on any atom is -0.459 e. The highest BCUT2D eigenvalue weighted by atomic mass is 35.5. The number of anilines is 1. The molecule has 7 nitrogen and oxygen atoms in total. The highest BCUT2D eigenvalue weighted by Gasteiger charge is 2.29. The van der Waals surface area contributed by atoms with Crippen molar-refractivity contribution in [3.05, 3.63) is 40.2 Å². The fourth-order valence-electron chi connectivity index (χ4n) is 2.92. The number of carbonyl (C=O) groups excluding carboxylic acids is 1. The number of nitrogens with one attached hydrogen (secondary N) is 2. The maximum Gasteiger partial charge on any atom is 0.319 e.